The molecule has 0 aliphatic rings. The van der Waals surface area contributed by atoms with Gasteiger partial charge in [0.1, 0.15) is 0 Å². The molecule has 0 saturated carbocycles. The van der Waals surface area contributed by atoms with E-state index in [2.05, 4.69) is 15.4 Å². The minimum Gasteiger partial charge on any atom is -0.383 e. The van der Waals surface area contributed by atoms with Crippen LogP contribution < -0.4 is 11.1 Å². The third-order valence-corrected chi connectivity index (χ3v) is 2.37. The maximum absolute atomic E-state index is 5.68. The molecule has 16 heavy (non-hydrogen) atoms. The number of guanidine groups is 1. The van der Waals surface area contributed by atoms with E-state index in [-0.39, 0.29) is 0 Å². The van der Waals surface area contributed by atoms with E-state index >= 15 is 0 Å². The second-order valence-corrected chi connectivity index (χ2v) is 3.50. The highest BCUT2D eigenvalue weighted by atomic mass is 16.5. The number of aromatic nitrogens is 2. The van der Waals surface area contributed by atoms with Crippen LogP contribution in [0.4, 0.5) is 0 Å². The van der Waals surface area contributed by atoms with Gasteiger partial charge in [-0.05, 0) is 6.92 Å². The summed E-state index contributed by atoms with van der Waals surface area (Å²) in [4.78, 5) is 4.21. The van der Waals surface area contributed by atoms with Crippen molar-refractivity contribution in [2.24, 2.45) is 17.8 Å². The molecule has 6 heteroatoms. The highest BCUT2D eigenvalue weighted by molar-refractivity contribution is 5.77. The maximum Gasteiger partial charge on any atom is 0.189 e. The number of aliphatic imine (C=N–C) groups is 1. The summed E-state index contributed by atoms with van der Waals surface area (Å²) in [6.45, 7) is 3.83. The molecule has 0 radical (unpaired) electrons. The molecule has 1 rings (SSSR count). The lowest BCUT2D eigenvalue weighted by molar-refractivity contribution is 0.204. The topological polar surface area (TPSA) is 77.5 Å². The third kappa shape index (κ3) is 3.54. The first-order chi connectivity index (χ1) is 7.65. The molecule has 1 aromatic rings. The van der Waals surface area contributed by atoms with Crippen LogP contribution in [-0.4, -0.2) is 36.0 Å². The molecule has 6 nitrogen and oxygen atoms in total. The molecule has 0 saturated heterocycles. The van der Waals surface area contributed by atoms with Crippen LogP contribution in [0.5, 0.6) is 0 Å². The monoisotopic (exact) mass is 225 g/mol. The zero-order valence-electron chi connectivity index (χ0n) is 10.0. The molecule has 0 fully saturated rings. The molecule has 0 aliphatic carbocycles. The van der Waals surface area contributed by atoms with E-state index in [1.165, 1.54) is 0 Å². The third-order valence-electron chi connectivity index (χ3n) is 2.37. The normalized spacial score (nSPS) is 11.8. The largest absolute Gasteiger partial charge is 0.383 e. The summed E-state index contributed by atoms with van der Waals surface area (Å²) in [7, 11) is 3.55. The fourth-order valence-corrected chi connectivity index (χ4v) is 1.21. The van der Waals surface area contributed by atoms with E-state index in [1.807, 2.05) is 18.7 Å². The Kier molecular flexibility index (Phi) is 4.78. The predicted octanol–water partition coefficient (Wildman–Crippen LogP) is -0.221. The van der Waals surface area contributed by atoms with Crippen LogP contribution in [0.15, 0.2) is 11.2 Å². The standard InChI is InChI=1S/C10H19N5O/c1-8-9(7-14-15(8)2)6-13-10(11)12-4-5-16-3/h7H,4-6H2,1-3H3,(H3,11,12,13). The van der Waals surface area contributed by atoms with Crippen LogP contribution in [0.25, 0.3) is 0 Å². The Morgan fingerprint density at radius 1 is 1.69 bits per heavy atom. The van der Waals surface area contributed by atoms with Gasteiger partial charge in [0, 0.05) is 32.0 Å². The molecule has 1 heterocycles. The van der Waals surface area contributed by atoms with Crippen LogP contribution in [0, 0.1) is 6.92 Å². The van der Waals surface area contributed by atoms with Gasteiger partial charge in [-0.15, -0.1) is 0 Å². The molecule has 0 aliphatic heterocycles. The highest BCUT2D eigenvalue weighted by Gasteiger charge is 2.02. The number of nitrogens with two attached hydrogens (primary N) is 1. The van der Waals surface area contributed by atoms with E-state index in [9.17, 15) is 0 Å². The van der Waals surface area contributed by atoms with Crippen LogP contribution in [-0.2, 0) is 18.3 Å². The summed E-state index contributed by atoms with van der Waals surface area (Å²) in [6.07, 6.45) is 1.81. The summed E-state index contributed by atoms with van der Waals surface area (Å²) in [5.74, 6) is 0.431. The Balaban J connectivity index is 2.43. The minimum absolute atomic E-state index is 0.431. The number of ether oxygens (including phenoxy) is 1. The fourth-order valence-electron chi connectivity index (χ4n) is 1.21. The molecule has 0 aromatic carbocycles. The van der Waals surface area contributed by atoms with Crippen molar-refractivity contribution in [1.29, 1.82) is 0 Å². The molecule has 1 aromatic heterocycles. The number of methoxy groups -OCH3 is 1. The number of nitrogens with zero attached hydrogens (tertiary/aromatic N) is 3. The maximum atomic E-state index is 5.68. The lowest BCUT2D eigenvalue weighted by atomic mass is 10.3. The smallest absolute Gasteiger partial charge is 0.189 e. The lowest BCUT2D eigenvalue weighted by Crippen LogP contribution is -2.34. The van der Waals surface area contributed by atoms with Gasteiger partial charge in [-0.2, -0.15) is 5.10 Å². The van der Waals surface area contributed by atoms with Crippen molar-refractivity contribution >= 4 is 5.96 Å². The fraction of sp³-hybridized carbons (Fsp3) is 0.600. The lowest BCUT2D eigenvalue weighted by Gasteiger charge is -2.04. The quantitative estimate of drug-likeness (QED) is 0.412. The first kappa shape index (κ1) is 12.5. The van der Waals surface area contributed by atoms with Gasteiger partial charge in [0.15, 0.2) is 5.96 Å². The van der Waals surface area contributed by atoms with Gasteiger partial charge >= 0.3 is 0 Å². The molecular formula is C10H19N5O. The van der Waals surface area contributed by atoms with Crippen molar-refractivity contribution in [2.45, 2.75) is 13.5 Å². The van der Waals surface area contributed by atoms with Gasteiger partial charge in [-0.1, -0.05) is 0 Å². The zero-order valence-corrected chi connectivity index (χ0v) is 10.0. The predicted molar refractivity (Wildman–Crippen MR) is 63.2 cm³/mol. The molecule has 90 valence electrons. The Bertz CT molecular complexity index is 358. The van der Waals surface area contributed by atoms with Crippen molar-refractivity contribution in [3.63, 3.8) is 0 Å². The average molecular weight is 225 g/mol. The van der Waals surface area contributed by atoms with Crippen molar-refractivity contribution in [1.82, 2.24) is 15.1 Å². The summed E-state index contributed by atoms with van der Waals surface area (Å²) in [5, 5.41) is 7.09. The Labute approximate surface area is 95.5 Å². The van der Waals surface area contributed by atoms with Crippen molar-refractivity contribution in [3.05, 3.63) is 17.5 Å². The van der Waals surface area contributed by atoms with Crippen molar-refractivity contribution in [3.8, 4) is 0 Å². The number of rotatable bonds is 5. The first-order valence-corrected chi connectivity index (χ1v) is 5.15. The van der Waals surface area contributed by atoms with Crippen LogP contribution >= 0.6 is 0 Å². The Morgan fingerprint density at radius 2 is 2.44 bits per heavy atom. The van der Waals surface area contributed by atoms with E-state index in [0.717, 1.165) is 11.3 Å². The van der Waals surface area contributed by atoms with Crippen LogP contribution in [0.2, 0.25) is 0 Å². The number of hydrogen-bond donors (Lipinski definition) is 2. The number of nitrogens with one attached hydrogen (secondary N) is 1. The molecule has 3 N–H and O–H groups in total. The minimum atomic E-state index is 0.431. The van der Waals surface area contributed by atoms with Crippen LogP contribution in [0.3, 0.4) is 0 Å². The second-order valence-electron chi connectivity index (χ2n) is 3.50. The Hall–Kier alpha value is -1.56. The highest BCUT2D eigenvalue weighted by Crippen LogP contribution is 2.06. The molecular weight excluding hydrogens is 206 g/mol. The van der Waals surface area contributed by atoms with E-state index in [4.69, 9.17) is 10.5 Å². The van der Waals surface area contributed by atoms with Crippen molar-refractivity contribution in [2.75, 3.05) is 20.3 Å². The van der Waals surface area contributed by atoms with Gasteiger partial charge in [0.2, 0.25) is 0 Å². The second kappa shape index (κ2) is 6.12. The van der Waals surface area contributed by atoms with E-state index in [0.29, 0.717) is 25.7 Å². The average Bonchev–Trinajstić information content (AvgIpc) is 2.58. The summed E-state index contributed by atoms with van der Waals surface area (Å²) in [6, 6.07) is 0. The summed E-state index contributed by atoms with van der Waals surface area (Å²) >= 11 is 0. The summed E-state index contributed by atoms with van der Waals surface area (Å²) < 4.78 is 6.71. The van der Waals surface area contributed by atoms with Crippen LogP contribution in [0.1, 0.15) is 11.3 Å². The van der Waals surface area contributed by atoms with Gasteiger partial charge in [-0.3, -0.25) is 4.68 Å². The van der Waals surface area contributed by atoms with Gasteiger partial charge in [-0.25, -0.2) is 4.99 Å². The van der Waals surface area contributed by atoms with Gasteiger partial charge in [0.05, 0.1) is 19.3 Å². The van der Waals surface area contributed by atoms with Gasteiger partial charge in [0.25, 0.3) is 0 Å². The van der Waals surface area contributed by atoms with E-state index < -0.39 is 0 Å². The Morgan fingerprint density at radius 3 is 3.00 bits per heavy atom. The zero-order chi connectivity index (χ0) is 12.0. The van der Waals surface area contributed by atoms with Gasteiger partial charge < -0.3 is 15.8 Å². The first-order valence-electron chi connectivity index (χ1n) is 5.15. The molecule has 0 unspecified atom stereocenters. The molecule has 0 amide bonds. The van der Waals surface area contributed by atoms with Crippen molar-refractivity contribution < 1.29 is 4.74 Å². The number of hydrogen-bond acceptors (Lipinski definition) is 3. The molecule has 0 bridgehead atoms. The molecule has 0 atom stereocenters. The van der Waals surface area contributed by atoms with E-state index in [1.54, 1.807) is 13.3 Å². The molecule has 0 spiro atoms. The summed E-state index contributed by atoms with van der Waals surface area (Å²) in [5.41, 5.74) is 7.86. The number of aryl methyl sites for hydroxylation is 1. The SMILES string of the molecule is COCCNC(N)=NCc1cnn(C)c1C.